The molecular formula is C13H17ClO. The summed E-state index contributed by atoms with van der Waals surface area (Å²) in [5.74, 6) is 0.538. The summed E-state index contributed by atoms with van der Waals surface area (Å²) in [6.45, 7) is 4.51. The van der Waals surface area contributed by atoms with Gasteiger partial charge in [-0.05, 0) is 47.4 Å². The maximum absolute atomic E-state index is 9.36. The van der Waals surface area contributed by atoms with Crippen LogP contribution in [0.15, 0.2) is 18.2 Å². The number of rotatable bonds is 2. The minimum Gasteiger partial charge on any atom is -0.396 e. The van der Waals surface area contributed by atoms with E-state index in [-0.39, 0.29) is 12.0 Å². The lowest BCUT2D eigenvalue weighted by Gasteiger charge is -2.29. The predicted molar refractivity (Wildman–Crippen MR) is 63.2 cm³/mol. The number of halogens is 1. The van der Waals surface area contributed by atoms with Crippen LogP contribution in [0.1, 0.15) is 25.0 Å². The number of benzene rings is 1. The van der Waals surface area contributed by atoms with Crippen LogP contribution in [-0.2, 0) is 12.8 Å². The standard InChI is InChI=1S/C13H17ClO/c1-13(2,8-15)11-5-9-3-4-12(14)7-10(9)6-11/h3-4,7,11,15H,5-6,8H2,1-2H3. The summed E-state index contributed by atoms with van der Waals surface area (Å²) < 4.78 is 0. The lowest BCUT2D eigenvalue weighted by atomic mass is 9.78. The van der Waals surface area contributed by atoms with Crippen molar-refractivity contribution in [3.05, 3.63) is 34.3 Å². The highest BCUT2D eigenvalue weighted by Crippen LogP contribution is 2.39. The zero-order chi connectivity index (χ0) is 11.1. The van der Waals surface area contributed by atoms with Crippen LogP contribution in [0, 0.1) is 11.3 Å². The molecule has 0 spiro atoms. The Morgan fingerprint density at radius 3 is 2.67 bits per heavy atom. The molecule has 1 unspecified atom stereocenters. The van der Waals surface area contributed by atoms with Crippen LogP contribution in [0.3, 0.4) is 0 Å². The number of aliphatic hydroxyl groups is 1. The molecular weight excluding hydrogens is 208 g/mol. The fourth-order valence-electron chi connectivity index (χ4n) is 2.27. The van der Waals surface area contributed by atoms with Crippen molar-refractivity contribution in [2.75, 3.05) is 6.61 Å². The summed E-state index contributed by atoms with van der Waals surface area (Å²) in [6, 6.07) is 6.13. The maximum Gasteiger partial charge on any atom is 0.0485 e. The Hall–Kier alpha value is -0.530. The molecule has 0 fully saturated rings. The zero-order valence-electron chi connectivity index (χ0n) is 9.26. The molecule has 0 aromatic heterocycles. The second-order valence-electron chi connectivity index (χ2n) is 5.16. The molecule has 1 nitrogen and oxygen atoms in total. The average Bonchev–Trinajstić information content (AvgIpc) is 2.61. The van der Waals surface area contributed by atoms with E-state index < -0.39 is 0 Å². The van der Waals surface area contributed by atoms with Crippen molar-refractivity contribution in [3.8, 4) is 0 Å². The number of aliphatic hydroxyl groups excluding tert-OH is 1. The molecule has 2 rings (SSSR count). The zero-order valence-corrected chi connectivity index (χ0v) is 10.0. The highest BCUT2D eigenvalue weighted by atomic mass is 35.5. The molecule has 2 heteroatoms. The Kier molecular flexibility index (Phi) is 2.78. The van der Waals surface area contributed by atoms with Crippen molar-refractivity contribution in [2.45, 2.75) is 26.7 Å². The normalized spacial score (nSPS) is 20.4. The molecule has 0 radical (unpaired) electrons. The topological polar surface area (TPSA) is 20.2 Å². The third-order valence-electron chi connectivity index (χ3n) is 3.61. The predicted octanol–water partition coefficient (Wildman–Crippen LogP) is 3.07. The fraction of sp³-hybridized carbons (Fsp3) is 0.538. The molecule has 0 saturated heterocycles. The highest BCUT2D eigenvalue weighted by molar-refractivity contribution is 6.30. The number of hydrogen-bond donors (Lipinski definition) is 1. The van der Waals surface area contributed by atoms with E-state index in [1.165, 1.54) is 11.1 Å². The first-order valence-electron chi connectivity index (χ1n) is 5.41. The first-order chi connectivity index (χ1) is 7.03. The van der Waals surface area contributed by atoms with Crippen LogP contribution in [0.2, 0.25) is 5.02 Å². The summed E-state index contributed by atoms with van der Waals surface area (Å²) in [5, 5.41) is 10.2. The summed E-state index contributed by atoms with van der Waals surface area (Å²) in [7, 11) is 0. The van der Waals surface area contributed by atoms with Gasteiger partial charge in [-0.15, -0.1) is 0 Å². The molecule has 0 heterocycles. The van der Waals surface area contributed by atoms with E-state index in [9.17, 15) is 5.11 Å². The van der Waals surface area contributed by atoms with Gasteiger partial charge in [0, 0.05) is 11.6 Å². The van der Waals surface area contributed by atoms with E-state index in [2.05, 4.69) is 26.0 Å². The van der Waals surface area contributed by atoms with Crippen LogP contribution in [-0.4, -0.2) is 11.7 Å². The second kappa shape index (κ2) is 3.80. The van der Waals surface area contributed by atoms with Crippen LogP contribution in [0.5, 0.6) is 0 Å². The summed E-state index contributed by atoms with van der Waals surface area (Å²) in [5.41, 5.74) is 2.76. The van der Waals surface area contributed by atoms with Crippen molar-refractivity contribution in [2.24, 2.45) is 11.3 Å². The first-order valence-corrected chi connectivity index (χ1v) is 5.79. The molecule has 15 heavy (non-hydrogen) atoms. The van der Waals surface area contributed by atoms with Gasteiger partial charge in [-0.1, -0.05) is 31.5 Å². The van der Waals surface area contributed by atoms with E-state index >= 15 is 0 Å². The Morgan fingerprint density at radius 2 is 2.00 bits per heavy atom. The molecule has 1 aromatic carbocycles. The molecule has 0 saturated carbocycles. The number of fused-ring (bicyclic) bond motifs is 1. The Labute approximate surface area is 96.1 Å². The van der Waals surface area contributed by atoms with Gasteiger partial charge < -0.3 is 5.11 Å². The fourth-order valence-corrected chi connectivity index (χ4v) is 2.46. The van der Waals surface area contributed by atoms with Gasteiger partial charge in [0.25, 0.3) is 0 Å². The molecule has 1 aliphatic rings. The van der Waals surface area contributed by atoms with Crippen molar-refractivity contribution in [1.29, 1.82) is 0 Å². The van der Waals surface area contributed by atoms with Crippen LogP contribution in [0.25, 0.3) is 0 Å². The lowest BCUT2D eigenvalue weighted by Crippen LogP contribution is -2.28. The molecule has 0 aliphatic heterocycles. The minimum atomic E-state index is 0.00545. The van der Waals surface area contributed by atoms with Gasteiger partial charge in [-0.3, -0.25) is 0 Å². The van der Waals surface area contributed by atoms with Crippen molar-refractivity contribution < 1.29 is 5.11 Å². The smallest absolute Gasteiger partial charge is 0.0485 e. The molecule has 0 bridgehead atoms. The van der Waals surface area contributed by atoms with E-state index in [0.717, 1.165) is 17.9 Å². The molecule has 1 atom stereocenters. The average molecular weight is 225 g/mol. The van der Waals surface area contributed by atoms with Gasteiger partial charge in [0.15, 0.2) is 0 Å². The highest BCUT2D eigenvalue weighted by Gasteiger charge is 2.33. The van der Waals surface area contributed by atoms with Crippen molar-refractivity contribution >= 4 is 11.6 Å². The van der Waals surface area contributed by atoms with Gasteiger partial charge in [-0.2, -0.15) is 0 Å². The molecule has 1 N–H and O–H groups in total. The van der Waals surface area contributed by atoms with Gasteiger partial charge in [0.05, 0.1) is 0 Å². The summed E-state index contributed by atoms with van der Waals surface area (Å²) in [4.78, 5) is 0. The number of hydrogen-bond acceptors (Lipinski definition) is 1. The van der Waals surface area contributed by atoms with Crippen molar-refractivity contribution in [1.82, 2.24) is 0 Å². The second-order valence-corrected chi connectivity index (χ2v) is 5.60. The minimum absolute atomic E-state index is 0.00545. The third kappa shape index (κ3) is 2.04. The van der Waals surface area contributed by atoms with E-state index in [1.807, 2.05) is 6.07 Å². The molecule has 1 aliphatic carbocycles. The third-order valence-corrected chi connectivity index (χ3v) is 3.85. The van der Waals surface area contributed by atoms with Gasteiger partial charge in [0.1, 0.15) is 0 Å². The Bertz CT molecular complexity index is 371. The molecule has 1 aromatic rings. The largest absolute Gasteiger partial charge is 0.396 e. The van der Waals surface area contributed by atoms with Gasteiger partial charge in [-0.25, -0.2) is 0 Å². The maximum atomic E-state index is 9.36. The van der Waals surface area contributed by atoms with Crippen LogP contribution >= 0.6 is 11.6 Å². The van der Waals surface area contributed by atoms with Crippen LogP contribution < -0.4 is 0 Å². The van der Waals surface area contributed by atoms with Gasteiger partial charge in [0.2, 0.25) is 0 Å². The van der Waals surface area contributed by atoms with Crippen molar-refractivity contribution in [3.63, 3.8) is 0 Å². The summed E-state index contributed by atoms with van der Waals surface area (Å²) >= 11 is 5.97. The first kappa shape index (κ1) is 11.0. The van der Waals surface area contributed by atoms with Gasteiger partial charge >= 0.3 is 0 Å². The van der Waals surface area contributed by atoms with E-state index in [4.69, 9.17) is 11.6 Å². The summed E-state index contributed by atoms with van der Waals surface area (Å²) in [6.07, 6.45) is 2.11. The Balaban J connectivity index is 2.22. The Morgan fingerprint density at radius 1 is 1.33 bits per heavy atom. The monoisotopic (exact) mass is 224 g/mol. The molecule has 0 amide bonds. The van der Waals surface area contributed by atoms with Crippen LogP contribution in [0.4, 0.5) is 0 Å². The van der Waals surface area contributed by atoms with E-state index in [0.29, 0.717) is 5.92 Å². The SMILES string of the molecule is CC(C)(CO)C1Cc2ccc(Cl)cc2C1. The van der Waals surface area contributed by atoms with E-state index in [1.54, 1.807) is 0 Å². The lowest BCUT2D eigenvalue weighted by molar-refractivity contribution is 0.101. The quantitative estimate of drug-likeness (QED) is 0.819. The molecule has 82 valence electrons.